The van der Waals surface area contributed by atoms with Crippen molar-refractivity contribution >= 4 is 35.1 Å². The SMILES string of the molecule is O=C(Cc1ccc(F)cc1)Nc1cccc(C2SCCS2)c1. The van der Waals surface area contributed by atoms with Crippen molar-refractivity contribution in [3.63, 3.8) is 0 Å². The van der Waals surface area contributed by atoms with E-state index in [9.17, 15) is 9.18 Å². The van der Waals surface area contributed by atoms with Gasteiger partial charge in [0.25, 0.3) is 0 Å². The lowest BCUT2D eigenvalue weighted by Gasteiger charge is -2.11. The van der Waals surface area contributed by atoms with Crippen LogP contribution in [-0.2, 0) is 11.2 Å². The summed E-state index contributed by atoms with van der Waals surface area (Å²) < 4.78 is 13.3. The van der Waals surface area contributed by atoms with Gasteiger partial charge in [-0.15, -0.1) is 23.5 Å². The molecule has 0 saturated carbocycles. The Kier molecular flexibility index (Phi) is 5.05. The predicted molar refractivity (Wildman–Crippen MR) is 92.8 cm³/mol. The van der Waals surface area contributed by atoms with Crippen LogP contribution in [0.15, 0.2) is 48.5 Å². The van der Waals surface area contributed by atoms with Gasteiger partial charge in [-0.05, 0) is 35.4 Å². The Morgan fingerprint density at radius 3 is 2.59 bits per heavy atom. The fourth-order valence-corrected chi connectivity index (χ4v) is 5.15. The van der Waals surface area contributed by atoms with Crippen molar-refractivity contribution in [1.29, 1.82) is 0 Å². The van der Waals surface area contributed by atoms with Crippen LogP contribution in [0.5, 0.6) is 0 Å². The summed E-state index contributed by atoms with van der Waals surface area (Å²) in [5.41, 5.74) is 2.86. The van der Waals surface area contributed by atoms with Crippen molar-refractivity contribution in [2.45, 2.75) is 11.0 Å². The first-order valence-corrected chi connectivity index (χ1v) is 9.18. The van der Waals surface area contributed by atoms with Crippen molar-refractivity contribution in [3.05, 3.63) is 65.5 Å². The number of hydrogen-bond donors (Lipinski definition) is 1. The minimum absolute atomic E-state index is 0.0875. The number of halogens is 1. The van der Waals surface area contributed by atoms with Crippen LogP contribution in [0.1, 0.15) is 15.7 Å². The van der Waals surface area contributed by atoms with Crippen LogP contribution in [0.2, 0.25) is 0 Å². The summed E-state index contributed by atoms with van der Waals surface area (Å²) in [7, 11) is 0. The molecule has 0 aromatic heterocycles. The smallest absolute Gasteiger partial charge is 0.228 e. The maximum atomic E-state index is 12.9. The molecule has 2 aromatic carbocycles. The van der Waals surface area contributed by atoms with Crippen molar-refractivity contribution < 1.29 is 9.18 Å². The Morgan fingerprint density at radius 1 is 1.14 bits per heavy atom. The molecule has 0 aliphatic carbocycles. The van der Waals surface area contributed by atoms with Gasteiger partial charge in [-0.3, -0.25) is 4.79 Å². The number of nitrogens with one attached hydrogen (secondary N) is 1. The molecule has 114 valence electrons. The number of carbonyl (C=O) groups is 1. The van der Waals surface area contributed by atoms with E-state index in [1.807, 2.05) is 41.7 Å². The van der Waals surface area contributed by atoms with Crippen molar-refractivity contribution in [3.8, 4) is 0 Å². The summed E-state index contributed by atoms with van der Waals surface area (Å²) in [6.45, 7) is 0. The first-order chi connectivity index (χ1) is 10.7. The lowest BCUT2D eigenvalue weighted by molar-refractivity contribution is -0.115. The molecule has 3 rings (SSSR count). The predicted octanol–water partition coefficient (Wildman–Crippen LogP) is 4.49. The summed E-state index contributed by atoms with van der Waals surface area (Å²) in [5.74, 6) is 1.98. The van der Waals surface area contributed by atoms with E-state index < -0.39 is 0 Å². The first kappa shape index (κ1) is 15.4. The summed E-state index contributed by atoms with van der Waals surface area (Å²) >= 11 is 3.88. The number of thioether (sulfide) groups is 2. The largest absolute Gasteiger partial charge is 0.326 e. The number of anilines is 1. The molecule has 2 nitrogen and oxygen atoms in total. The zero-order valence-corrected chi connectivity index (χ0v) is 13.6. The molecule has 1 heterocycles. The Morgan fingerprint density at radius 2 is 1.86 bits per heavy atom. The molecule has 0 unspecified atom stereocenters. The van der Waals surface area contributed by atoms with Crippen LogP contribution >= 0.6 is 23.5 Å². The van der Waals surface area contributed by atoms with E-state index in [2.05, 4.69) is 11.4 Å². The molecule has 0 radical (unpaired) electrons. The van der Waals surface area contributed by atoms with Gasteiger partial charge in [0.15, 0.2) is 0 Å². The molecule has 0 bridgehead atoms. The van der Waals surface area contributed by atoms with Crippen LogP contribution in [0, 0.1) is 5.82 Å². The van der Waals surface area contributed by atoms with Crippen LogP contribution < -0.4 is 5.32 Å². The zero-order valence-electron chi connectivity index (χ0n) is 11.9. The van der Waals surface area contributed by atoms with Gasteiger partial charge in [-0.2, -0.15) is 0 Å². The van der Waals surface area contributed by atoms with E-state index in [-0.39, 0.29) is 18.1 Å². The second-order valence-electron chi connectivity index (χ2n) is 5.05. The quantitative estimate of drug-likeness (QED) is 0.894. The molecule has 1 N–H and O–H groups in total. The molecule has 1 fully saturated rings. The van der Waals surface area contributed by atoms with E-state index in [0.717, 1.165) is 11.3 Å². The minimum atomic E-state index is -0.288. The zero-order chi connectivity index (χ0) is 15.4. The van der Waals surface area contributed by atoms with Crippen LogP contribution in [0.4, 0.5) is 10.1 Å². The maximum Gasteiger partial charge on any atom is 0.228 e. The highest BCUT2D eigenvalue weighted by Crippen LogP contribution is 2.45. The van der Waals surface area contributed by atoms with Gasteiger partial charge < -0.3 is 5.32 Å². The monoisotopic (exact) mass is 333 g/mol. The average molecular weight is 333 g/mol. The molecule has 1 saturated heterocycles. The molecular weight excluding hydrogens is 317 g/mol. The van der Waals surface area contributed by atoms with Crippen LogP contribution in [-0.4, -0.2) is 17.4 Å². The fourth-order valence-electron chi connectivity index (χ4n) is 2.31. The lowest BCUT2D eigenvalue weighted by atomic mass is 10.1. The number of rotatable bonds is 4. The summed E-state index contributed by atoms with van der Waals surface area (Å²) in [5, 5.41) is 2.92. The Balaban J connectivity index is 1.63. The Labute approximate surface area is 137 Å². The molecule has 5 heteroatoms. The standard InChI is InChI=1S/C17H16FNOS2/c18-14-6-4-12(5-7-14)10-16(20)19-15-3-1-2-13(11-15)17-21-8-9-22-17/h1-7,11,17H,8-10H2,(H,19,20). The third-order valence-corrected chi connectivity index (χ3v) is 6.45. The number of amides is 1. The molecular formula is C17H16FNOS2. The molecule has 22 heavy (non-hydrogen) atoms. The number of benzene rings is 2. The summed E-state index contributed by atoms with van der Waals surface area (Å²) in [6.07, 6.45) is 0.247. The highest BCUT2D eigenvalue weighted by atomic mass is 32.2. The van der Waals surface area contributed by atoms with Gasteiger partial charge in [0.1, 0.15) is 5.82 Å². The Bertz CT molecular complexity index is 654. The number of hydrogen-bond acceptors (Lipinski definition) is 3. The van der Waals surface area contributed by atoms with Gasteiger partial charge >= 0.3 is 0 Å². The molecule has 1 aliphatic heterocycles. The molecule has 1 aliphatic rings. The van der Waals surface area contributed by atoms with E-state index in [1.54, 1.807) is 12.1 Å². The Hall–Kier alpha value is -1.46. The van der Waals surface area contributed by atoms with E-state index in [1.165, 1.54) is 29.2 Å². The summed E-state index contributed by atoms with van der Waals surface area (Å²) in [4.78, 5) is 12.1. The second-order valence-corrected chi connectivity index (χ2v) is 7.77. The molecule has 2 aromatic rings. The van der Waals surface area contributed by atoms with Gasteiger partial charge in [0.05, 0.1) is 11.0 Å². The number of carbonyl (C=O) groups excluding carboxylic acids is 1. The van der Waals surface area contributed by atoms with Crippen LogP contribution in [0.3, 0.4) is 0 Å². The second kappa shape index (κ2) is 7.20. The fraction of sp³-hybridized carbons (Fsp3) is 0.235. The maximum absolute atomic E-state index is 12.9. The van der Waals surface area contributed by atoms with Crippen molar-refractivity contribution in [1.82, 2.24) is 0 Å². The molecule has 0 atom stereocenters. The van der Waals surface area contributed by atoms with Gasteiger partial charge in [-0.1, -0.05) is 24.3 Å². The van der Waals surface area contributed by atoms with Crippen molar-refractivity contribution in [2.75, 3.05) is 16.8 Å². The summed E-state index contributed by atoms with van der Waals surface area (Å²) in [6, 6.07) is 14.0. The van der Waals surface area contributed by atoms with E-state index >= 15 is 0 Å². The highest BCUT2D eigenvalue weighted by molar-refractivity contribution is 8.19. The van der Waals surface area contributed by atoms with E-state index in [0.29, 0.717) is 4.58 Å². The van der Waals surface area contributed by atoms with Gasteiger partial charge in [-0.25, -0.2) is 4.39 Å². The molecule has 0 spiro atoms. The van der Waals surface area contributed by atoms with Crippen LogP contribution in [0.25, 0.3) is 0 Å². The highest BCUT2D eigenvalue weighted by Gasteiger charge is 2.18. The van der Waals surface area contributed by atoms with Crippen molar-refractivity contribution in [2.24, 2.45) is 0 Å². The van der Waals surface area contributed by atoms with E-state index in [4.69, 9.17) is 0 Å². The lowest BCUT2D eigenvalue weighted by Crippen LogP contribution is -2.14. The third-order valence-electron chi connectivity index (χ3n) is 3.34. The topological polar surface area (TPSA) is 29.1 Å². The molecule has 1 amide bonds. The van der Waals surface area contributed by atoms with Gasteiger partial charge in [0, 0.05) is 17.2 Å². The third kappa shape index (κ3) is 4.05. The minimum Gasteiger partial charge on any atom is -0.326 e. The normalized spacial score (nSPS) is 15.0. The average Bonchev–Trinajstić information content (AvgIpc) is 3.04. The van der Waals surface area contributed by atoms with Gasteiger partial charge in [0.2, 0.25) is 5.91 Å². The first-order valence-electron chi connectivity index (χ1n) is 7.08.